The first-order valence-corrected chi connectivity index (χ1v) is 9.50. The van der Waals surface area contributed by atoms with Crippen LogP contribution >= 0.6 is 11.6 Å². The highest BCUT2D eigenvalue weighted by atomic mass is 35.5. The fourth-order valence-electron chi connectivity index (χ4n) is 2.05. The molecule has 0 radical (unpaired) electrons. The van der Waals surface area contributed by atoms with Crippen LogP contribution in [0.1, 0.15) is 37.6 Å². The summed E-state index contributed by atoms with van der Waals surface area (Å²) >= 11 is 5.83. The number of anilines is 1. The average molecular weight is 401 g/mol. The van der Waals surface area contributed by atoms with Gasteiger partial charge in [0.1, 0.15) is 6.04 Å². The topological polar surface area (TPSA) is 75.3 Å². The summed E-state index contributed by atoms with van der Waals surface area (Å²) in [6.45, 7) is 4.90. The van der Waals surface area contributed by atoms with Gasteiger partial charge in [-0.2, -0.15) is 13.2 Å². The zero-order valence-electron chi connectivity index (χ0n) is 14.2. The van der Waals surface area contributed by atoms with Gasteiger partial charge in [-0.3, -0.25) is 9.52 Å². The Balaban J connectivity index is 3.07. The Morgan fingerprint density at radius 2 is 1.80 bits per heavy atom. The van der Waals surface area contributed by atoms with Crippen molar-refractivity contribution in [3.05, 3.63) is 28.8 Å². The number of carbonyl (C=O) groups is 1. The number of nitrogens with one attached hydrogen (secondary N) is 2. The summed E-state index contributed by atoms with van der Waals surface area (Å²) in [6.07, 6.45) is -4.02. The lowest BCUT2D eigenvalue weighted by molar-refractivity contribution is -0.159. The molecule has 0 unspecified atom stereocenters. The van der Waals surface area contributed by atoms with E-state index in [2.05, 4.69) is 4.72 Å². The molecule has 1 aromatic rings. The molecule has 1 atom stereocenters. The Bertz CT molecular complexity index is 743. The second-order valence-corrected chi connectivity index (χ2v) is 9.06. The molecule has 0 aliphatic heterocycles. The second kappa shape index (κ2) is 7.41. The van der Waals surface area contributed by atoms with Gasteiger partial charge in [0, 0.05) is 5.56 Å². The highest BCUT2D eigenvalue weighted by Gasteiger charge is 2.42. The van der Waals surface area contributed by atoms with E-state index in [-0.39, 0.29) is 22.7 Å². The molecule has 0 bridgehead atoms. The van der Waals surface area contributed by atoms with Crippen LogP contribution < -0.4 is 10.0 Å². The number of carbonyl (C=O) groups excluding carboxylic acids is 1. The molecular formula is C15H20ClF3N2O3S. The Kier molecular flexibility index (Phi) is 6.39. The zero-order chi connectivity index (χ0) is 19.6. The van der Waals surface area contributed by atoms with E-state index in [1.807, 2.05) is 5.32 Å². The van der Waals surface area contributed by atoms with E-state index in [0.717, 1.165) is 12.3 Å². The van der Waals surface area contributed by atoms with E-state index in [4.69, 9.17) is 11.6 Å². The summed E-state index contributed by atoms with van der Waals surface area (Å²) in [5, 5.41) is 1.97. The van der Waals surface area contributed by atoms with E-state index < -0.39 is 33.6 Å². The van der Waals surface area contributed by atoms with E-state index in [9.17, 15) is 26.4 Å². The van der Waals surface area contributed by atoms with Crippen LogP contribution in [-0.4, -0.2) is 32.8 Å². The average Bonchev–Trinajstić information content (AvgIpc) is 2.36. The molecular weight excluding hydrogens is 381 g/mol. The normalized spacial score (nSPS) is 14.1. The second-order valence-electron chi connectivity index (χ2n) is 6.90. The Hall–Kier alpha value is -1.48. The van der Waals surface area contributed by atoms with Crippen molar-refractivity contribution in [2.45, 2.75) is 39.4 Å². The first-order valence-electron chi connectivity index (χ1n) is 7.23. The van der Waals surface area contributed by atoms with Crippen molar-refractivity contribution < 1.29 is 26.4 Å². The highest BCUT2D eigenvalue weighted by Crippen LogP contribution is 2.31. The first kappa shape index (κ1) is 21.6. The summed E-state index contributed by atoms with van der Waals surface area (Å²) < 4.78 is 64.2. The van der Waals surface area contributed by atoms with Crippen LogP contribution in [-0.2, 0) is 10.0 Å². The third-order valence-electron chi connectivity index (χ3n) is 3.04. The van der Waals surface area contributed by atoms with Crippen LogP contribution in [0.2, 0.25) is 5.02 Å². The summed E-state index contributed by atoms with van der Waals surface area (Å²) in [7, 11) is -3.66. The fraction of sp³-hybridized carbons (Fsp3) is 0.533. The van der Waals surface area contributed by atoms with Gasteiger partial charge in [0.15, 0.2) is 0 Å². The third kappa shape index (κ3) is 7.52. The molecule has 5 nitrogen and oxygen atoms in total. The van der Waals surface area contributed by atoms with Crippen LogP contribution in [0.3, 0.4) is 0 Å². The standard InChI is InChI=1S/C15H20ClF3N2O3S/c1-14(2,3)8-12(15(17,18)19)20-13(22)9-5-6-10(16)11(7-9)21-25(4,23)24/h5-7,12,21H,8H2,1-4H3,(H,20,22)/t12-/m0/s1. The van der Waals surface area contributed by atoms with Crippen molar-refractivity contribution in [1.29, 1.82) is 0 Å². The van der Waals surface area contributed by atoms with Crippen molar-refractivity contribution in [2.75, 3.05) is 11.0 Å². The van der Waals surface area contributed by atoms with Crippen molar-refractivity contribution >= 4 is 33.2 Å². The molecule has 0 aliphatic rings. The SMILES string of the molecule is CC(C)(C)C[C@H](NC(=O)c1ccc(Cl)c(NS(C)(=O)=O)c1)C(F)(F)F. The van der Waals surface area contributed by atoms with Crippen molar-refractivity contribution in [1.82, 2.24) is 5.32 Å². The van der Waals surface area contributed by atoms with Crippen LogP contribution in [0.5, 0.6) is 0 Å². The van der Waals surface area contributed by atoms with Crippen LogP contribution in [0.15, 0.2) is 18.2 Å². The Labute approximate surface area is 150 Å². The van der Waals surface area contributed by atoms with Crippen LogP contribution in [0.4, 0.5) is 18.9 Å². The smallest absolute Gasteiger partial charge is 0.340 e. The predicted octanol–water partition coefficient (Wildman–Crippen LogP) is 3.81. The number of alkyl halides is 3. The molecule has 0 fully saturated rings. The number of benzene rings is 1. The summed E-state index contributed by atoms with van der Waals surface area (Å²) in [5.41, 5.74) is -0.883. The van der Waals surface area contributed by atoms with Crippen molar-refractivity contribution in [2.24, 2.45) is 5.41 Å². The van der Waals surface area contributed by atoms with E-state index in [1.54, 1.807) is 20.8 Å². The van der Waals surface area contributed by atoms with Crippen LogP contribution in [0.25, 0.3) is 0 Å². The minimum absolute atomic E-state index is 0.0176. The Morgan fingerprint density at radius 1 is 1.24 bits per heavy atom. The maximum absolute atomic E-state index is 13.2. The highest BCUT2D eigenvalue weighted by molar-refractivity contribution is 7.92. The van der Waals surface area contributed by atoms with Gasteiger partial charge in [0.25, 0.3) is 5.91 Å². The van der Waals surface area contributed by atoms with Gasteiger partial charge in [0.05, 0.1) is 17.0 Å². The predicted molar refractivity (Wildman–Crippen MR) is 91.3 cm³/mol. The third-order valence-corrected chi connectivity index (χ3v) is 3.96. The molecule has 1 rings (SSSR count). The summed E-state index contributed by atoms with van der Waals surface area (Å²) in [5.74, 6) is -0.972. The molecule has 0 aromatic heterocycles. The summed E-state index contributed by atoms with van der Waals surface area (Å²) in [6, 6.07) is 1.51. The van der Waals surface area contributed by atoms with Gasteiger partial charge in [0.2, 0.25) is 10.0 Å². The zero-order valence-corrected chi connectivity index (χ0v) is 15.7. The minimum atomic E-state index is -4.61. The van der Waals surface area contributed by atoms with E-state index >= 15 is 0 Å². The molecule has 0 saturated heterocycles. The minimum Gasteiger partial charge on any atom is -0.340 e. The number of hydrogen-bond donors (Lipinski definition) is 2. The van der Waals surface area contributed by atoms with E-state index in [1.165, 1.54) is 12.1 Å². The molecule has 2 N–H and O–H groups in total. The fourth-order valence-corrected chi connectivity index (χ4v) is 2.84. The quantitative estimate of drug-likeness (QED) is 0.789. The lowest BCUT2D eigenvalue weighted by Gasteiger charge is -2.28. The molecule has 0 saturated carbocycles. The van der Waals surface area contributed by atoms with Crippen molar-refractivity contribution in [3.8, 4) is 0 Å². The van der Waals surface area contributed by atoms with Gasteiger partial charge in [-0.15, -0.1) is 0 Å². The van der Waals surface area contributed by atoms with Gasteiger partial charge >= 0.3 is 6.18 Å². The monoisotopic (exact) mass is 400 g/mol. The Morgan fingerprint density at radius 3 is 2.24 bits per heavy atom. The lowest BCUT2D eigenvalue weighted by atomic mass is 9.87. The number of sulfonamides is 1. The molecule has 25 heavy (non-hydrogen) atoms. The number of rotatable bonds is 5. The molecule has 1 aromatic carbocycles. The molecule has 10 heteroatoms. The number of hydrogen-bond acceptors (Lipinski definition) is 3. The molecule has 142 valence electrons. The lowest BCUT2D eigenvalue weighted by Crippen LogP contribution is -2.47. The van der Waals surface area contributed by atoms with Crippen LogP contribution in [0, 0.1) is 5.41 Å². The van der Waals surface area contributed by atoms with E-state index in [0.29, 0.717) is 0 Å². The first-order chi connectivity index (χ1) is 11.1. The number of amides is 1. The largest absolute Gasteiger partial charge is 0.408 e. The summed E-state index contributed by atoms with van der Waals surface area (Å²) in [4.78, 5) is 12.2. The van der Waals surface area contributed by atoms with Gasteiger partial charge in [-0.1, -0.05) is 32.4 Å². The molecule has 0 aliphatic carbocycles. The maximum atomic E-state index is 13.2. The molecule has 0 spiro atoms. The van der Waals surface area contributed by atoms with Crippen molar-refractivity contribution in [3.63, 3.8) is 0 Å². The van der Waals surface area contributed by atoms with Gasteiger partial charge < -0.3 is 5.32 Å². The van der Waals surface area contributed by atoms with Gasteiger partial charge in [-0.05, 0) is 30.0 Å². The molecule has 0 heterocycles. The number of halogens is 4. The maximum Gasteiger partial charge on any atom is 0.408 e. The molecule has 1 amide bonds. The van der Waals surface area contributed by atoms with Gasteiger partial charge in [-0.25, -0.2) is 8.42 Å².